The van der Waals surface area contributed by atoms with Gasteiger partial charge in [-0.25, -0.2) is 0 Å². The third-order valence-electron chi connectivity index (χ3n) is 3.94. The van der Waals surface area contributed by atoms with E-state index >= 15 is 0 Å². The maximum atomic E-state index is 12.0. The number of likely N-dealkylation sites (tertiary alicyclic amines) is 1. The van der Waals surface area contributed by atoms with Crippen LogP contribution in [0.2, 0.25) is 0 Å². The van der Waals surface area contributed by atoms with Crippen LogP contribution in [0.5, 0.6) is 0 Å². The minimum Gasteiger partial charge on any atom is -0.338 e. The van der Waals surface area contributed by atoms with Gasteiger partial charge >= 0.3 is 0 Å². The molecule has 3 heteroatoms. The second-order valence-corrected chi connectivity index (χ2v) is 6.06. The van der Waals surface area contributed by atoms with Crippen molar-refractivity contribution in [2.75, 3.05) is 6.54 Å². The molecule has 1 aromatic carbocycles. The third kappa shape index (κ3) is 2.01. The molecule has 3 rings (SSSR count). The number of nitrogens with zero attached hydrogens (tertiary/aromatic N) is 1. The second-order valence-electron chi connectivity index (χ2n) is 4.95. The Kier molecular flexibility index (Phi) is 2.95. The SMILES string of the molecule is O=C1C(Br)CCN1C1CCc2ccccc2C1. The van der Waals surface area contributed by atoms with Crippen LogP contribution in [0.25, 0.3) is 0 Å². The van der Waals surface area contributed by atoms with Gasteiger partial charge in [0.2, 0.25) is 5.91 Å². The summed E-state index contributed by atoms with van der Waals surface area (Å²) in [7, 11) is 0. The van der Waals surface area contributed by atoms with E-state index in [2.05, 4.69) is 45.1 Å². The van der Waals surface area contributed by atoms with Crippen LogP contribution in [0, 0.1) is 0 Å². The quantitative estimate of drug-likeness (QED) is 0.729. The predicted molar refractivity (Wildman–Crippen MR) is 71.3 cm³/mol. The molecule has 0 radical (unpaired) electrons. The van der Waals surface area contributed by atoms with Gasteiger partial charge in [-0.1, -0.05) is 40.2 Å². The number of amides is 1. The van der Waals surface area contributed by atoms with Gasteiger partial charge in [-0.05, 0) is 36.8 Å². The summed E-state index contributed by atoms with van der Waals surface area (Å²) >= 11 is 3.45. The lowest BCUT2D eigenvalue weighted by Gasteiger charge is -2.32. The summed E-state index contributed by atoms with van der Waals surface area (Å²) in [6, 6.07) is 9.03. The standard InChI is InChI=1S/C14H16BrNO/c15-13-7-8-16(14(13)17)12-6-5-10-3-1-2-4-11(10)9-12/h1-4,12-13H,5-9H2. The fourth-order valence-corrected chi connectivity index (χ4v) is 3.44. The molecule has 0 spiro atoms. The highest BCUT2D eigenvalue weighted by Crippen LogP contribution is 2.29. The molecular weight excluding hydrogens is 278 g/mol. The maximum Gasteiger partial charge on any atom is 0.236 e. The van der Waals surface area contributed by atoms with E-state index in [4.69, 9.17) is 0 Å². The van der Waals surface area contributed by atoms with Crippen LogP contribution < -0.4 is 0 Å². The van der Waals surface area contributed by atoms with E-state index in [1.807, 2.05) is 0 Å². The molecule has 2 aliphatic rings. The van der Waals surface area contributed by atoms with Gasteiger partial charge in [0.15, 0.2) is 0 Å². The van der Waals surface area contributed by atoms with E-state index in [0.29, 0.717) is 6.04 Å². The lowest BCUT2D eigenvalue weighted by Crippen LogP contribution is -2.41. The number of fused-ring (bicyclic) bond motifs is 1. The Hall–Kier alpha value is -0.830. The van der Waals surface area contributed by atoms with Crippen LogP contribution in [-0.4, -0.2) is 28.2 Å². The maximum absolute atomic E-state index is 12.0. The van der Waals surface area contributed by atoms with Crippen molar-refractivity contribution in [1.82, 2.24) is 4.90 Å². The molecule has 1 aliphatic heterocycles. The van der Waals surface area contributed by atoms with Crippen molar-refractivity contribution in [1.29, 1.82) is 0 Å². The molecule has 0 saturated carbocycles. The molecule has 90 valence electrons. The highest BCUT2D eigenvalue weighted by molar-refractivity contribution is 9.10. The summed E-state index contributed by atoms with van der Waals surface area (Å²) in [4.78, 5) is 14.1. The van der Waals surface area contributed by atoms with E-state index in [0.717, 1.165) is 32.2 Å². The average Bonchev–Trinajstić information content (AvgIpc) is 2.70. The van der Waals surface area contributed by atoms with Crippen molar-refractivity contribution in [2.45, 2.75) is 36.6 Å². The number of aryl methyl sites for hydroxylation is 1. The fourth-order valence-electron chi connectivity index (χ4n) is 2.97. The summed E-state index contributed by atoms with van der Waals surface area (Å²) in [5.41, 5.74) is 2.89. The Labute approximate surface area is 110 Å². The number of alkyl halides is 1. The first-order chi connectivity index (χ1) is 8.25. The van der Waals surface area contributed by atoms with Crippen LogP contribution in [0.15, 0.2) is 24.3 Å². The zero-order valence-corrected chi connectivity index (χ0v) is 11.3. The van der Waals surface area contributed by atoms with Gasteiger partial charge in [-0.15, -0.1) is 0 Å². The van der Waals surface area contributed by atoms with Gasteiger partial charge in [0.25, 0.3) is 0 Å². The third-order valence-corrected chi connectivity index (χ3v) is 4.79. The molecule has 2 atom stereocenters. The molecule has 1 saturated heterocycles. The monoisotopic (exact) mass is 293 g/mol. The molecule has 0 N–H and O–H groups in total. The lowest BCUT2D eigenvalue weighted by atomic mass is 9.87. The van der Waals surface area contributed by atoms with Gasteiger partial charge in [0, 0.05) is 12.6 Å². The summed E-state index contributed by atoms with van der Waals surface area (Å²) in [5.74, 6) is 0.286. The Balaban J connectivity index is 1.78. The van der Waals surface area contributed by atoms with Crippen LogP contribution in [0.4, 0.5) is 0 Å². The van der Waals surface area contributed by atoms with Crippen molar-refractivity contribution in [3.8, 4) is 0 Å². The number of hydrogen-bond acceptors (Lipinski definition) is 1. The summed E-state index contributed by atoms with van der Waals surface area (Å²) in [6.07, 6.45) is 4.21. The zero-order chi connectivity index (χ0) is 11.8. The lowest BCUT2D eigenvalue weighted by molar-refractivity contribution is -0.129. The van der Waals surface area contributed by atoms with Gasteiger partial charge in [-0.2, -0.15) is 0 Å². The predicted octanol–water partition coefficient (Wildman–Crippen LogP) is 2.54. The molecule has 1 aromatic rings. The Morgan fingerprint density at radius 3 is 2.65 bits per heavy atom. The summed E-state index contributed by atoms with van der Waals surface area (Å²) in [6.45, 7) is 0.918. The largest absolute Gasteiger partial charge is 0.338 e. The molecule has 17 heavy (non-hydrogen) atoms. The Bertz CT molecular complexity index is 446. The van der Waals surface area contributed by atoms with E-state index in [1.165, 1.54) is 11.1 Å². The second kappa shape index (κ2) is 4.45. The number of carbonyl (C=O) groups excluding carboxylic acids is 1. The minimum absolute atomic E-state index is 0.0553. The number of rotatable bonds is 1. The van der Waals surface area contributed by atoms with Crippen LogP contribution in [0.1, 0.15) is 24.0 Å². The van der Waals surface area contributed by atoms with Crippen LogP contribution in [-0.2, 0) is 17.6 Å². The molecule has 0 bridgehead atoms. The molecule has 2 unspecified atom stereocenters. The van der Waals surface area contributed by atoms with Gasteiger partial charge in [-0.3, -0.25) is 4.79 Å². The molecule has 1 amide bonds. The topological polar surface area (TPSA) is 20.3 Å². The number of hydrogen-bond donors (Lipinski definition) is 0. The van der Waals surface area contributed by atoms with Gasteiger partial charge in [0.05, 0.1) is 4.83 Å². The Morgan fingerprint density at radius 2 is 1.94 bits per heavy atom. The van der Waals surface area contributed by atoms with E-state index in [1.54, 1.807) is 0 Å². The first kappa shape index (κ1) is 11.3. The highest BCUT2D eigenvalue weighted by atomic mass is 79.9. The first-order valence-corrected chi connectivity index (χ1v) is 7.18. The summed E-state index contributed by atoms with van der Waals surface area (Å²) in [5, 5.41) is 0. The highest BCUT2D eigenvalue weighted by Gasteiger charge is 2.35. The fraction of sp³-hybridized carbons (Fsp3) is 0.500. The number of halogens is 1. The number of carbonyl (C=O) groups is 1. The Morgan fingerprint density at radius 1 is 1.18 bits per heavy atom. The summed E-state index contributed by atoms with van der Waals surface area (Å²) < 4.78 is 0. The van der Waals surface area contributed by atoms with Gasteiger partial charge in [0.1, 0.15) is 0 Å². The van der Waals surface area contributed by atoms with Crippen molar-refractivity contribution in [3.05, 3.63) is 35.4 Å². The average molecular weight is 294 g/mol. The van der Waals surface area contributed by atoms with Gasteiger partial charge < -0.3 is 4.90 Å². The van der Waals surface area contributed by atoms with E-state index < -0.39 is 0 Å². The van der Waals surface area contributed by atoms with Crippen molar-refractivity contribution in [3.63, 3.8) is 0 Å². The number of benzene rings is 1. The van der Waals surface area contributed by atoms with Crippen molar-refractivity contribution < 1.29 is 4.79 Å². The van der Waals surface area contributed by atoms with E-state index in [9.17, 15) is 4.79 Å². The zero-order valence-electron chi connectivity index (χ0n) is 9.73. The normalized spacial score (nSPS) is 28.3. The molecular formula is C14H16BrNO. The molecule has 1 fully saturated rings. The molecule has 1 aliphatic carbocycles. The first-order valence-electron chi connectivity index (χ1n) is 6.27. The minimum atomic E-state index is 0.0553. The van der Waals surface area contributed by atoms with E-state index in [-0.39, 0.29) is 10.7 Å². The molecule has 2 nitrogen and oxygen atoms in total. The van der Waals surface area contributed by atoms with Crippen LogP contribution >= 0.6 is 15.9 Å². The van der Waals surface area contributed by atoms with Crippen LogP contribution in [0.3, 0.4) is 0 Å². The molecule has 1 heterocycles. The smallest absolute Gasteiger partial charge is 0.236 e. The van der Waals surface area contributed by atoms with Crippen molar-refractivity contribution in [2.24, 2.45) is 0 Å². The molecule has 0 aromatic heterocycles. The van der Waals surface area contributed by atoms with Crippen molar-refractivity contribution >= 4 is 21.8 Å².